The summed E-state index contributed by atoms with van der Waals surface area (Å²) in [6.45, 7) is -1.48. The number of fused-ring (bicyclic) bond motifs is 1. The molecule has 0 saturated carbocycles. The summed E-state index contributed by atoms with van der Waals surface area (Å²) < 4.78 is 56.9. The number of rotatable bonds is 7. The van der Waals surface area contributed by atoms with E-state index in [4.69, 9.17) is 4.74 Å². The largest absolute Gasteiger partial charge is 0.457 e. The Kier molecular flexibility index (Phi) is 5.73. The zero-order valence-corrected chi connectivity index (χ0v) is 15.8. The first-order valence-corrected chi connectivity index (χ1v) is 10.1. The second-order valence-electron chi connectivity index (χ2n) is 6.21. The zero-order chi connectivity index (χ0) is 20.3. The van der Waals surface area contributed by atoms with Gasteiger partial charge in [0.05, 0.1) is 28.1 Å². The fourth-order valence-corrected chi connectivity index (χ4v) is 3.93. The maximum absolute atomic E-state index is 13.3. The maximum atomic E-state index is 13.3. The molecule has 3 aromatic rings. The molecule has 0 aliphatic heterocycles. The lowest BCUT2D eigenvalue weighted by molar-refractivity contribution is -0.144. The predicted molar refractivity (Wildman–Crippen MR) is 98.6 cm³/mol. The van der Waals surface area contributed by atoms with Crippen molar-refractivity contribution in [3.63, 3.8) is 0 Å². The SMILES string of the molecule is Cc1ccc(S(=O)(=O)CCC(=O)OCc2nc3ccccc3n2C(F)F)cc1. The molecular formula is C19H18F2N2O4S. The Morgan fingerprint density at radius 2 is 1.82 bits per heavy atom. The normalized spacial score (nSPS) is 11.9. The monoisotopic (exact) mass is 408 g/mol. The third kappa shape index (κ3) is 4.36. The van der Waals surface area contributed by atoms with Gasteiger partial charge in [0.2, 0.25) is 0 Å². The van der Waals surface area contributed by atoms with Crippen molar-refractivity contribution < 1.29 is 26.7 Å². The number of sulfone groups is 1. The highest BCUT2D eigenvalue weighted by Crippen LogP contribution is 2.23. The summed E-state index contributed by atoms with van der Waals surface area (Å²) in [5.74, 6) is -1.34. The summed E-state index contributed by atoms with van der Waals surface area (Å²) in [4.78, 5) is 16.1. The van der Waals surface area contributed by atoms with Gasteiger partial charge in [0, 0.05) is 0 Å². The molecule has 148 valence electrons. The summed E-state index contributed by atoms with van der Waals surface area (Å²) in [6, 6.07) is 12.6. The molecular weight excluding hydrogens is 390 g/mol. The summed E-state index contributed by atoms with van der Waals surface area (Å²) >= 11 is 0. The lowest BCUT2D eigenvalue weighted by Gasteiger charge is -2.09. The number of benzene rings is 2. The van der Waals surface area contributed by atoms with E-state index in [1.807, 2.05) is 6.92 Å². The van der Waals surface area contributed by atoms with Gasteiger partial charge in [-0.3, -0.25) is 9.36 Å². The maximum Gasteiger partial charge on any atom is 0.320 e. The Labute approximate surface area is 160 Å². The molecule has 2 aromatic carbocycles. The topological polar surface area (TPSA) is 78.3 Å². The lowest BCUT2D eigenvalue weighted by atomic mass is 10.2. The van der Waals surface area contributed by atoms with Gasteiger partial charge >= 0.3 is 12.5 Å². The Balaban J connectivity index is 1.64. The van der Waals surface area contributed by atoms with Crippen molar-refractivity contribution in [1.29, 1.82) is 0 Å². The second kappa shape index (κ2) is 8.05. The molecule has 6 nitrogen and oxygen atoms in total. The van der Waals surface area contributed by atoms with E-state index in [0.717, 1.165) is 5.56 Å². The van der Waals surface area contributed by atoms with E-state index in [1.54, 1.807) is 30.3 Å². The van der Waals surface area contributed by atoms with Gasteiger partial charge in [-0.05, 0) is 31.2 Å². The van der Waals surface area contributed by atoms with Crippen molar-refractivity contribution >= 4 is 26.8 Å². The van der Waals surface area contributed by atoms with Crippen molar-refractivity contribution in [2.24, 2.45) is 0 Å². The van der Waals surface area contributed by atoms with Crippen molar-refractivity contribution in [3.8, 4) is 0 Å². The summed E-state index contributed by atoms with van der Waals surface area (Å²) in [5.41, 5.74) is 1.50. The van der Waals surface area contributed by atoms with Crippen LogP contribution >= 0.6 is 0 Å². The molecule has 3 rings (SSSR count). The molecule has 0 unspecified atom stereocenters. The minimum Gasteiger partial charge on any atom is -0.457 e. The van der Waals surface area contributed by atoms with Gasteiger partial charge in [-0.2, -0.15) is 8.78 Å². The first-order valence-electron chi connectivity index (χ1n) is 8.47. The molecule has 0 bridgehead atoms. The van der Waals surface area contributed by atoms with Gasteiger partial charge in [-0.15, -0.1) is 0 Å². The zero-order valence-electron chi connectivity index (χ0n) is 15.0. The van der Waals surface area contributed by atoms with Crippen LogP contribution in [0.3, 0.4) is 0 Å². The van der Waals surface area contributed by atoms with Crippen molar-refractivity contribution in [1.82, 2.24) is 9.55 Å². The average Bonchev–Trinajstić information content (AvgIpc) is 3.04. The van der Waals surface area contributed by atoms with E-state index in [1.165, 1.54) is 18.2 Å². The molecule has 0 amide bonds. The van der Waals surface area contributed by atoms with Crippen LogP contribution in [0.2, 0.25) is 0 Å². The molecule has 0 spiro atoms. The minimum atomic E-state index is -3.64. The number of aromatic nitrogens is 2. The smallest absolute Gasteiger partial charge is 0.320 e. The van der Waals surface area contributed by atoms with Gasteiger partial charge in [0.15, 0.2) is 15.7 Å². The Hall–Kier alpha value is -2.81. The summed E-state index contributed by atoms with van der Waals surface area (Å²) in [6.07, 6.45) is -0.384. The number of hydrogen-bond donors (Lipinski definition) is 0. The van der Waals surface area contributed by atoms with Gasteiger partial charge in [-0.25, -0.2) is 13.4 Å². The Bertz CT molecular complexity index is 1090. The quantitative estimate of drug-likeness (QED) is 0.558. The number of nitrogens with zero attached hydrogens (tertiary/aromatic N) is 2. The number of para-hydroxylation sites is 2. The lowest BCUT2D eigenvalue weighted by Crippen LogP contribution is -2.15. The molecule has 0 aliphatic carbocycles. The standard InChI is InChI=1S/C19H18F2N2O4S/c1-13-6-8-14(9-7-13)28(25,26)11-10-18(24)27-12-17-22-15-4-2-3-5-16(15)23(17)19(20)21/h2-9,19H,10-12H2,1H3. The number of alkyl halides is 2. The first kappa shape index (κ1) is 19.9. The van der Waals surface area contributed by atoms with Crippen LogP contribution in [0.25, 0.3) is 11.0 Å². The third-order valence-electron chi connectivity index (χ3n) is 4.18. The fourth-order valence-electron chi connectivity index (χ4n) is 2.71. The number of imidazole rings is 1. The van der Waals surface area contributed by atoms with Crippen LogP contribution < -0.4 is 0 Å². The van der Waals surface area contributed by atoms with Crippen LogP contribution in [0.1, 0.15) is 24.4 Å². The van der Waals surface area contributed by atoms with E-state index in [2.05, 4.69) is 4.98 Å². The minimum absolute atomic E-state index is 0.106. The highest BCUT2D eigenvalue weighted by atomic mass is 32.2. The summed E-state index contributed by atoms with van der Waals surface area (Å²) in [5, 5.41) is 0. The molecule has 28 heavy (non-hydrogen) atoms. The van der Waals surface area contributed by atoms with E-state index in [0.29, 0.717) is 10.1 Å². The third-order valence-corrected chi connectivity index (χ3v) is 5.91. The molecule has 9 heteroatoms. The van der Waals surface area contributed by atoms with Gasteiger partial charge in [0.25, 0.3) is 0 Å². The molecule has 0 fully saturated rings. The number of esters is 1. The number of hydrogen-bond acceptors (Lipinski definition) is 5. The first-order chi connectivity index (χ1) is 13.3. The number of aryl methyl sites for hydroxylation is 1. The van der Waals surface area contributed by atoms with Crippen LogP contribution in [-0.4, -0.2) is 29.7 Å². The molecule has 0 saturated heterocycles. The molecule has 1 aromatic heterocycles. The highest BCUT2D eigenvalue weighted by molar-refractivity contribution is 7.91. The van der Waals surface area contributed by atoms with Crippen LogP contribution in [0, 0.1) is 6.92 Å². The fraction of sp³-hybridized carbons (Fsp3) is 0.263. The number of carbonyl (C=O) groups is 1. The van der Waals surface area contributed by atoms with E-state index in [9.17, 15) is 22.0 Å². The molecule has 0 N–H and O–H groups in total. The van der Waals surface area contributed by atoms with E-state index >= 15 is 0 Å². The number of halogens is 2. The van der Waals surface area contributed by atoms with Gasteiger partial charge in [0.1, 0.15) is 6.61 Å². The predicted octanol–water partition coefficient (Wildman–Crippen LogP) is 3.65. The van der Waals surface area contributed by atoms with Crippen LogP contribution in [0.4, 0.5) is 8.78 Å². The van der Waals surface area contributed by atoms with E-state index in [-0.39, 0.29) is 22.7 Å². The Morgan fingerprint density at radius 3 is 2.50 bits per heavy atom. The number of ether oxygens (including phenoxy) is 1. The molecule has 1 heterocycles. The van der Waals surface area contributed by atoms with Crippen LogP contribution in [-0.2, 0) is 26.0 Å². The van der Waals surface area contributed by atoms with Crippen LogP contribution in [0.5, 0.6) is 0 Å². The highest BCUT2D eigenvalue weighted by Gasteiger charge is 2.20. The van der Waals surface area contributed by atoms with Crippen molar-refractivity contribution in [2.45, 2.75) is 31.4 Å². The number of carbonyl (C=O) groups excluding carboxylic acids is 1. The van der Waals surface area contributed by atoms with Gasteiger partial charge in [-0.1, -0.05) is 29.8 Å². The second-order valence-corrected chi connectivity index (χ2v) is 8.32. The van der Waals surface area contributed by atoms with Crippen LogP contribution in [0.15, 0.2) is 53.4 Å². The molecule has 0 atom stereocenters. The average molecular weight is 408 g/mol. The van der Waals surface area contributed by atoms with Crippen molar-refractivity contribution in [3.05, 3.63) is 59.9 Å². The van der Waals surface area contributed by atoms with Gasteiger partial charge < -0.3 is 4.74 Å². The van der Waals surface area contributed by atoms with Crippen molar-refractivity contribution in [2.75, 3.05) is 5.75 Å². The Morgan fingerprint density at radius 1 is 1.14 bits per heavy atom. The molecule has 0 radical (unpaired) electrons. The molecule has 0 aliphatic rings. The van der Waals surface area contributed by atoms with E-state index < -0.39 is 34.7 Å². The summed E-state index contributed by atoms with van der Waals surface area (Å²) in [7, 11) is -3.64.